The lowest BCUT2D eigenvalue weighted by Crippen LogP contribution is -2.21. The summed E-state index contributed by atoms with van der Waals surface area (Å²) < 4.78 is 1.62. The number of aromatic nitrogens is 4. The second-order valence-electron chi connectivity index (χ2n) is 6.63. The quantitative estimate of drug-likeness (QED) is 0.566. The van der Waals surface area contributed by atoms with E-state index in [0.717, 1.165) is 28.8 Å². The number of benzene rings is 1. The zero-order valence-corrected chi connectivity index (χ0v) is 14.5. The molecule has 0 saturated carbocycles. The van der Waals surface area contributed by atoms with Crippen molar-refractivity contribution < 1.29 is 0 Å². The zero-order valence-electron chi connectivity index (χ0n) is 14.5. The number of allylic oxidation sites excluding steroid dienone is 1. The van der Waals surface area contributed by atoms with E-state index < -0.39 is 0 Å². The summed E-state index contributed by atoms with van der Waals surface area (Å²) in [6.45, 7) is 0.482. The summed E-state index contributed by atoms with van der Waals surface area (Å²) in [5.41, 5.74) is 6.15. The van der Waals surface area contributed by atoms with E-state index in [1.165, 1.54) is 5.56 Å². The van der Waals surface area contributed by atoms with Gasteiger partial charge < -0.3 is 0 Å². The molecule has 3 aromatic heterocycles. The molecule has 5 nitrogen and oxygen atoms in total. The normalized spacial score (nSPS) is 12.4. The maximum absolute atomic E-state index is 12.6. The first-order valence-corrected chi connectivity index (χ1v) is 8.82. The van der Waals surface area contributed by atoms with Crippen LogP contribution in [0.1, 0.15) is 16.8 Å². The van der Waals surface area contributed by atoms with Crippen molar-refractivity contribution in [1.29, 1.82) is 0 Å². The lowest BCUT2D eigenvalue weighted by Gasteiger charge is -2.08. The fourth-order valence-corrected chi connectivity index (χ4v) is 3.40. The average molecular weight is 352 g/mol. The molecule has 0 saturated heterocycles. The lowest BCUT2D eigenvalue weighted by molar-refractivity contribution is 0.748. The average Bonchev–Trinajstić information content (AvgIpc) is 3.19. The first kappa shape index (κ1) is 15.6. The number of hydrogen-bond acceptors (Lipinski definition) is 4. The van der Waals surface area contributed by atoms with Crippen molar-refractivity contribution in [2.45, 2.75) is 13.0 Å². The SMILES string of the molecule is O=c1c2ccncc2ncn1Cc1ccc(-c2cnc3c(c2)C=CC3)cc1. The molecule has 1 aliphatic carbocycles. The molecule has 5 rings (SSSR count). The van der Waals surface area contributed by atoms with Crippen molar-refractivity contribution in [3.05, 3.63) is 94.6 Å². The monoisotopic (exact) mass is 352 g/mol. The van der Waals surface area contributed by atoms with Crippen LogP contribution in [-0.4, -0.2) is 19.5 Å². The van der Waals surface area contributed by atoms with Gasteiger partial charge in [0, 0.05) is 24.4 Å². The van der Waals surface area contributed by atoms with Crippen molar-refractivity contribution in [3.63, 3.8) is 0 Å². The van der Waals surface area contributed by atoms with Crippen LogP contribution < -0.4 is 5.56 Å². The summed E-state index contributed by atoms with van der Waals surface area (Å²) in [5.74, 6) is 0. The third-order valence-corrected chi connectivity index (χ3v) is 4.88. The molecule has 0 atom stereocenters. The van der Waals surface area contributed by atoms with E-state index in [2.05, 4.69) is 45.3 Å². The number of nitrogens with zero attached hydrogens (tertiary/aromatic N) is 4. The largest absolute Gasteiger partial charge is 0.294 e. The van der Waals surface area contributed by atoms with Crippen molar-refractivity contribution in [2.24, 2.45) is 0 Å². The minimum atomic E-state index is -0.0546. The van der Waals surface area contributed by atoms with Crippen LogP contribution >= 0.6 is 0 Å². The van der Waals surface area contributed by atoms with Crippen LogP contribution in [0.5, 0.6) is 0 Å². The second-order valence-corrected chi connectivity index (χ2v) is 6.63. The maximum atomic E-state index is 12.6. The third-order valence-electron chi connectivity index (χ3n) is 4.88. The molecule has 0 amide bonds. The number of pyridine rings is 2. The van der Waals surface area contributed by atoms with E-state index >= 15 is 0 Å². The predicted octanol–water partition coefficient (Wildman–Crippen LogP) is 3.47. The molecule has 0 radical (unpaired) electrons. The van der Waals surface area contributed by atoms with Gasteiger partial charge in [-0.05, 0) is 28.8 Å². The number of fused-ring (bicyclic) bond motifs is 2. The minimum absolute atomic E-state index is 0.0546. The zero-order chi connectivity index (χ0) is 18.2. The van der Waals surface area contributed by atoms with Gasteiger partial charge in [-0.2, -0.15) is 0 Å². The van der Waals surface area contributed by atoms with Gasteiger partial charge in [0.25, 0.3) is 5.56 Å². The van der Waals surface area contributed by atoms with Crippen molar-refractivity contribution in [3.8, 4) is 11.1 Å². The van der Waals surface area contributed by atoms with Gasteiger partial charge in [-0.3, -0.25) is 19.3 Å². The fraction of sp³-hybridized carbons (Fsp3) is 0.0909. The van der Waals surface area contributed by atoms with Crippen molar-refractivity contribution in [2.75, 3.05) is 0 Å². The molecule has 0 aliphatic heterocycles. The highest BCUT2D eigenvalue weighted by molar-refractivity contribution is 5.75. The molecule has 0 fully saturated rings. The van der Waals surface area contributed by atoms with Crippen LogP contribution in [0.2, 0.25) is 0 Å². The Morgan fingerprint density at radius 2 is 1.89 bits per heavy atom. The maximum Gasteiger partial charge on any atom is 0.261 e. The standard InChI is InChI=1S/C22H16N4O/c27-22-19-8-9-23-12-21(19)25-14-26(22)13-15-4-6-16(7-5-15)18-10-17-2-1-3-20(17)24-11-18/h1-2,4-12,14H,3,13H2. The Labute approximate surface area is 155 Å². The molecule has 3 heterocycles. The summed E-state index contributed by atoms with van der Waals surface area (Å²) in [7, 11) is 0. The smallest absolute Gasteiger partial charge is 0.261 e. The van der Waals surface area contributed by atoms with Gasteiger partial charge in [-0.25, -0.2) is 4.98 Å². The molecule has 5 heteroatoms. The first-order chi connectivity index (χ1) is 13.3. The van der Waals surface area contributed by atoms with E-state index in [1.807, 2.05) is 18.3 Å². The highest BCUT2D eigenvalue weighted by Crippen LogP contribution is 2.25. The van der Waals surface area contributed by atoms with Gasteiger partial charge in [0.15, 0.2) is 0 Å². The van der Waals surface area contributed by atoms with Crippen molar-refractivity contribution in [1.82, 2.24) is 19.5 Å². The molecule has 1 aromatic carbocycles. The summed E-state index contributed by atoms with van der Waals surface area (Å²) in [6, 6.07) is 12.1. The molecule has 0 spiro atoms. The van der Waals surface area contributed by atoms with E-state index in [0.29, 0.717) is 17.4 Å². The van der Waals surface area contributed by atoms with Gasteiger partial charge in [0.1, 0.15) is 0 Å². The predicted molar refractivity (Wildman–Crippen MR) is 105 cm³/mol. The van der Waals surface area contributed by atoms with Gasteiger partial charge in [-0.1, -0.05) is 36.4 Å². The molecular weight excluding hydrogens is 336 g/mol. The molecule has 0 unspecified atom stereocenters. The Kier molecular flexibility index (Phi) is 3.64. The molecule has 1 aliphatic rings. The molecule has 4 aromatic rings. The van der Waals surface area contributed by atoms with E-state index in [4.69, 9.17) is 0 Å². The fourth-order valence-electron chi connectivity index (χ4n) is 3.40. The second kappa shape index (κ2) is 6.29. The Balaban J connectivity index is 1.43. The van der Waals surface area contributed by atoms with Crippen LogP contribution in [0.4, 0.5) is 0 Å². The number of hydrogen-bond donors (Lipinski definition) is 0. The highest BCUT2D eigenvalue weighted by Gasteiger charge is 2.09. The van der Waals surface area contributed by atoms with Crippen LogP contribution in [0.15, 0.2) is 72.2 Å². The van der Waals surface area contributed by atoms with E-state index in [-0.39, 0.29) is 5.56 Å². The van der Waals surface area contributed by atoms with Crippen LogP contribution in [0, 0.1) is 0 Å². The van der Waals surface area contributed by atoms with Crippen LogP contribution in [0.25, 0.3) is 28.1 Å². The van der Waals surface area contributed by atoms with Crippen LogP contribution in [-0.2, 0) is 13.0 Å². The van der Waals surface area contributed by atoms with Gasteiger partial charge in [-0.15, -0.1) is 0 Å². The minimum Gasteiger partial charge on any atom is -0.294 e. The summed E-state index contributed by atoms with van der Waals surface area (Å²) >= 11 is 0. The summed E-state index contributed by atoms with van der Waals surface area (Å²) in [6.07, 6.45) is 11.9. The Bertz CT molecular complexity index is 1240. The third kappa shape index (κ3) is 2.83. The van der Waals surface area contributed by atoms with E-state index in [1.54, 1.807) is 29.4 Å². The molecule has 0 N–H and O–H groups in total. The molecule has 27 heavy (non-hydrogen) atoms. The highest BCUT2D eigenvalue weighted by atomic mass is 16.1. The molecule has 130 valence electrons. The Hall–Kier alpha value is -3.60. The van der Waals surface area contributed by atoms with Gasteiger partial charge >= 0.3 is 0 Å². The van der Waals surface area contributed by atoms with Crippen LogP contribution in [0.3, 0.4) is 0 Å². The number of rotatable bonds is 3. The van der Waals surface area contributed by atoms with E-state index in [9.17, 15) is 4.79 Å². The summed E-state index contributed by atoms with van der Waals surface area (Å²) in [4.78, 5) is 25.5. The van der Waals surface area contributed by atoms with Gasteiger partial charge in [0.2, 0.25) is 0 Å². The van der Waals surface area contributed by atoms with Gasteiger partial charge in [0.05, 0.1) is 35.7 Å². The lowest BCUT2D eigenvalue weighted by atomic mass is 10.0. The van der Waals surface area contributed by atoms with Crippen molar-refractivity contribution >= 4 is 17.0 Å². The first-order valence-electron chi connectivity index (χ1n) is 8.82. The molecule has 0 bridgehead atoms. The molecular formula is C22H16N4O. The Morgan fingerprint density at radius 1 is 1.00 bits per heavy atom. The summed E-state index contributed by atoms with van der Waals surface area (Å²) in [5, 5.41) is 0.585. The Morgan fingerprint density at radius 3 is 2.78 bits per heavy atom. The topological polar surface area (TPSA) is 60.7 Å².